The zero-order valence-electron chi connectivity index (χ0n) is 18.0. The summed E-state index contributed by atoms with van der Waals surface area (Å²) in [6.45, 7) is 3.33. The lowest BCUT2D eigenvalue weighted by atomic mass is 9.93. The molecule has 0 unspecified atom stereocenters. The zero-order valence-corrected chi connectivity index (χ0v) is 18.9. The number of morpholine rings is 1. The molecule has 2 saturated carbocycles. The SMILES string of the molecule is CSC1(c2cc(N3CCOCC3)nc(-c3ccc(NC4CCC4)cc3)n2)CC1.NC=O. The molecule has 0 radical (unpaired) electrons. The first kappa shape index (κ1) is 21.9. The Morgan fingerprint density at radius 1 is 1.19 bits per heavy atom. The number of benzene rings is 1. The Balaban J connectivity index is 0.000000730. The van der Waals surface area contributed by atoms with Crippen LogP contribution in [0.15, 0.2) is 30.3 Å². The van der Waals surface area contributed by atoms with Gasteiger partial charge in [-0.05, 0) is 62.6 Å². The number of nitrogens with zero attached hydrogens (tertiary/aromatic N) is 3. The molecule has 3 aliphatic rings. The monoisotopic (exact) mass is 441 g/mol. The van der Waals surface area contributed by atoms with Gasteiger partial charge in [0.2, 0.25) is 6.41 Å². The first-order valence-electron chi connectivity index (χ1n) is 11.0. The summed E-state index contributed by atoms with van der Waals surface area (Å²) in [6.07, 6.45) is 8.77. The van der Waals surface area contributed by atoms with Crippen LogP contribution in [-0.2, 0) is 14.3 Å². The third-order valence-corrected chi connectivity index (χ3v) is 7.63. The van der Waals surface area contributed by atoms with Crippen LogP contribution in [-0.4, -0.2) is 55.0 Å². The van der Waals surface area contributed by atoms with Crippen LogP contribution in [0.2, 0.25) is 0 Å². The summed E-state index contributed by atoms with van der Waals surface area (Å²) >= 11 is 1.93. The van der Waals surface area contributed by atoms with Gasteiger partial charge in [0.1, 0.15) is 5.82 Å². The van der Waals surface area contributed by atoms with Crippen LogP contribution in [0.1, 0.15) is 37.8 Å². The third-order valence-electron chi connectivity index (χ3n) is 6.23. The van der Waals surface area contributed by atoms with E-state index in [1.807, 2.05) is 11.8 Å². The van der Waals surface area contributed by atoms with Gasteiger partial charge in [0, 0.05) is 36.4 Å². The summed E-state index contributed by atoms with van der Waals surface area (Å²) in [4.78, 5) is 20.9. The minimum atomic E-state index is 0.185. The second-order valence-electron chi connectivity index (χ2n) is 8.22. The van der Waals surface area contributed by atoms with Crippen LogP contribution in [0.25, 0.3) is 11.4 Å². The molecule has 0 spiro atoms. The van der Waals surface area contributed by atoms with Crippen LogP contribution in [0, 0.1) is 0 Å². The molecule has 1 aliphatic heterocycles. The first-order valence-corrected chi connectivity index (χ1v) is 12.2. The Morgan fingerprint density at radius 3 is 2.42 bits per heavy atom. The number of primary amides is 1. The highest BCUT2D eigenvalue weighted by molar-refractivity contribution is 7.99. The van der Waals surface area contributed by atoms with Gasteiger partial charge in [-0.3, -0.25) is 4.79 Å². The summed E-state index contributed by atoms with van der Waals surface area (Å²) in [5, 5.41) is 3.61. The van der Waals surface area contributed by atoms with Crippen LogP contribution < -0.4 is 16.0 Å². The fraction of sp³-hybridized carbons (Fsp3) is 0.522. The Labute approximate surface area is 188 Å². The number of anilines is 2. The van der Waals surface area contributed by atoms with E-state index in [1.165, 1.54) is 43.5 Å². The molecule has 3 N–H and O–H groups in total. The number of aromatic nitrogens is 2. The molecular weight excluding hydrogens is 410 g/mol. The van der Waals surface area contributed by atoms with Gasteiger partial charge in [-0.1, -0.05) is 0 Å². The molecule has 5 rings (SSSR count). The lowest BCUT2D eigenvalue weighted by Crippen LogP contribution is -2.37. The van der Waals surface area contributed by atoms with Gasteiger partial charge in [-0.15, -0.1) is 0 Å². The van der Waals surface area contributed by atoms with Gasteiger partial charge in [-0.2, -0.15) is 11.8 Å². The highest BCUT2D eigenvalue weighted by Crippen LogP contribution is 2.55. The zero-order chi connectivity index (χ0) is 21.7. The van der Waals surface area contributed by atoms with Gasteiger partial charge < -0.3 is 20.7 Å². The van der Waals surface area contributed by atoms with Crippen molar-refractivity contribution in [1.82, 2.24) is 9.97 Å². The molecule has 1 saturated heterocycles. The molecule has 3 fully saturated rings. The van der Waals surface area contributed by atoms with E-state index >= 15 is 0 Å². The molecule has 31 heavy (non-hydrogen) atoms. The average molecular weight is 442 g/mol. The maximum absolute atomic E-state index is 8.58. The molecule has 0 bridgehead atoms. The van der Waals surface area contributed by atoms with Crippen molar-refractivity contribution in [3.8, 4) is 11.4 Å². The molecule has 7 nitrogen and oxygen atoms in total. The van der Waals surface area contributed by atoms with Gasteiger partial charge in [0.15, 0.2) is 5.82 Å². The maximum atomic E-state index is 8.58. The van der Waals surface area contributed by atoms with Crippen LogP contribution in [0.3, 0.4) is 0 Å². The Kier molecular flexibility index (Phi) is 6.97. The smallest absolute Gasteiger partial charge is 0.204 e. The van der Waals surface area contributed by atoms with E-state index in [0.717, 1.165) is 43.5 Å². The molecule has 2 heterocycles. The molecule has 166 valence electrons. The van der Waals surface area contributed by atoms with Gasteiger partial charge in [0.25, 0.3) is 0 Å². The predicted octanol–water partition coefficient (Wildman–Crippen LogP) is 3.40. The number of thioether (sulfide) groups is 1. The summed E-state index contributed by atoms with van der Waals surface area (Å²) < 4.78 is 5.71. The van der Waals surface area contributed by atoms with E-state index in [-0.39, 0.29) is 11.2 Å². The number of rotatable bonds is 6. The van der Waals surface area contributed by atoms with Crippen LogP contribution in [0.4, 0.5) is 11.5 Å². The molecule has 2 aliphatic carbocycles. The second kappa shape index (κ2) is 9.87. The number of ether oxygens (including phenoxy) is 1. The number of carbonyl (C=O) groups is 1. The molecule has 8 heteroatoms. The minimum Gasteiger partial charge on any atom is -0.382 e. The molecule has 1 amide bonds. The van der Waals surface area contributed by atoms with Crippen molar-refractivity contribution in [3.05, 3.63) is 36.0 Å². The van der Waals surface area contributed by atoms with Crippen molar-refractivity contribution >= 4 is 29.7 Å². The first-order chi connectivity index (χ1) is 15.2. The van der Waals surface area contributed by atoms with E-state index in [0.29, 0.717) is 6.04 Å². The van der Waals surface area contributed by atoms with Gasteiger partial charge in [0.05, 0.1) is 23.7 Å². The molecule has 1 aromatic carbocycles. The molecular formula is C23H31N5O2S. The van der Waals surface area contributed by atoms with E-state index < -0.39 is 0 Å². The van der Waals surface area contributed by atoms with E-state index in [1.54, 1.807) is 0 Å². The van der Waals surface area contributed by atoms with E-state index in [2.05, 4.69) is 52.5 Å². The number of hydrogen-bond donors (Lipinski definition) is 2. The summed E-state index contributed by atoms with van der Waals surface area (Å²) in [5.74, 6) is 1.88. The van der Waals surface area contributed by atoms with Crippen LogP contribution in [0.5, 0.6) is 0 Å². The standard InChI is InChI=1S/C22H28N4OS.CH3NO/c1-28-22(9-10-22)19-15-20(26-11-13-27-14-12-26)25-21(24-19)16-5-7-18(8-6-16)23-17-3-2-4-17;2-1-3/h5-8,15,17,23H,2-4,9-14H2,1H3;1H,(H2,2,3). The number of amides is 1. The quantitative estimate of drug-likeness (QED) is 0.664. The highest BCUT2D eigenvalue weighted by Gasteiger charge is 2.45. The Bertz CT molecular complexity index is 878. The fourth-order valence-electron chi connectivity index (χ4n) is 3.93. The molecule has 2 aromatic rings. The number of nitrogens with one attached hydrogen (secondary N) is 1. The number of hydrogen-bond acceptors (Lipinski definition) is 7. The van der Waals surface area contributed by atoms with Crippen LogP contribution >= 0.6 is 11.8 Å². The molecule has 0 atom stereocenters. The molecule has 1 aromatic heterocycles. The largest absolute Gasteiger partial charge is 0.382 e. The van der Waals surface area contributed by atoms with Crippen molar-refractivity contribution in [1.29, 1.82) is 0 Å². The number of carbonyl (C=O) groups excluding carboxylic acids is 1. The number of nitrogens with two attached hydrogens (primary N) is 1. The summed E-state index contributed by atoms with van der Waals surface area (Å²) in [5.41, 5.74) is 7.64. The Morgan fingerprint density at radius 2 is 1.87 bits per heavy atom. The second-order valence-corrected chi connectivity index (χ2v) is 9.41. The normalized spacial score (nSPS) is 19.6. The fourth-order valence-corrected chi connectivity index (χ4v) is 4.76. The maximum Gasteiger partial charge on any atom is 0.204 e. The Hall–Kier alpha value is -2.32. The van der Waals surface area contributed by atoms with Gasteiger partial charge >= 0.3 is 0 Å². The average Bonchev–Trinajstić information content (AvgIpc) is 3.59. The lowest BCUT2D eigenvalue weighted by Gasteiger charge is -2.29. The van der Waals surface area contributed by atoms with E-state index in [4.69, 9.17) is 19.5 Å². The lowest BCUT2D eigenvalue weighted by molar-refractivity contribution is -0.106. The van der Waals surface area contributed by atoms with Crippen molar-refractivity contribution in [2.45, 2.75) is 42.9 Å². The topological polar surface area (TPSA) is 93.4 Å². The van der Waals surface area contributed by atoms with Crippen molar-refractivity contribution < 1.29 is 9.53 Å². The van der Waals surface area contributed by atoms with Crippen molar-refractivity contribution in [3.63, 3.8) is 0 Å². The highest BCUT2D eigenvalue weighted by atomic mass is 32.2. The third kappa shape index (κ3) is 5.13. The predicted molar refractivity (Wildman–Crippen MR) is 126 cm³/mol. The van der Waals surface area contributed by atoms with E-state index in [9.17, 15) is 0 Å². The van der Waals surface area contributed by atoms with Gasteiger partial charge in [-0.25, -0.2) is 9.97 Å². The summed E-state index contributed by atoms with van der Waals surface area (Å²) in [7, 11) is 0. The summed E-state index contributed by atoms with van der Waals surface area (Å²) in [6, 6.07) is 11.5. The van der Waals surface area contributed by atoms with Crippen molar-refractivity contribution in [2.75, 3.05) is 42.8 Å². The minimum absolute atomic E-state index is 0.185. The van der Waals surface area contributed by atoms with Crippen molar-refractivity contribution in [2.24, 2.45) is 5.73 Å².